The first-order chi connectivity index (χ1) is 15.5. The second-order valence-corrected chi connectivity index (χ2v) is 8.01. The second kappa shape index (κ2) is 9.06. The summed E-state index contributed by atoms with van der Waals surface area (Å²) in [5, 5.41) is 22.3. The number of pyridine rings is 1. The summed E-state index contributed by atoms with van der Waals surface area (Å²) in [4.78, 5) is 19.6. The highest BCUT2D eigenvalue weighted by molar-refractivity contribution is 5.99. The van der Waals surface area contributed by atoms with Gasteiger partial charge >= 0.3 is 0 Å². The molecule has 0 atom stereocenters. The molecule has 9 heteroatoms. The van der Waals surface area contributed by atoms with Crippen molar-refractivity contribution in [1.82, 2.24) is 20.5 Å². The average molecular weight is 433 g/mol. The number of nitriles is 1. The largest absolute Gasteiger partial charge is 0.370 e. The van der Waals surface area contributed by atoms with E-state index >= 15 is 0 Å². The number of aromatic amines is 1. The number of hydrogen-bond acceptors (Lipinski definition) is 6. The summed E-state index contributed by atoms with van der Waals surface area (Å²) in [5.41, 5.74) is 2.55. The molecule has 164 valence electrons. The van der Waals surface area contributed by atoms with Crippen LogP contribution in [0.1, 0.15) is 35.2 Å². The number of anilines is 3. The van der Waals surface area contributed by atoms with Crippen LogP contribution >= 0.6 is 0 Å². The molecule has 0 unspecified atom stereocenters. The summed E-state index contributed by atoms with van der Waals surface area (Å²) in [6.07, 6.45) is 6.56. The summed E-state index contributed by atoms with van der Waals surface area (Å²) >= 11 is 0. The van der Waals surface area contributed by atoms with Crippen molar-refractivity contribution >= 4 is 23.1 Å². The Morgan fingerprint density at radius 3 is 2.69 bits per heavy atom. The maximum Gasteiger partial charge on any atom is 0.257 e. The third kappa shape index (κ3) is 4.54. The number of carbonyl (C=O) groups excluding carboxylic acids is 1. The molecular formula is C23H24FN7O. The molecule has 0 spiro atoms. The van der Waals surface area contributed by atoms with Crippen LogP contribution in [0, 0.1) is 24.1 Å². The summed E-state index contributed by atoms with van der Waals surface area (Å²) < 4.78 is 13.2. The molecule has 0 bridgehead atoms. The predicted octanol–water partition coefficient (Wildman–Crippen LogP) is 3.68. The number of benzene rings is 1. The van der Waals surface area contributed by atoms with Gasteiger partial charge in [-0.15, -0.1) is 0 Å². The Morgan fingerprint density at radius 2 is 2.00 bits per heavy atom. The van der Waals surface area contributed by atoms with E-state index in [-0.39, 0.29) is 18.1 Å². The summed E-state index contributed by atoms with van der Waals surface area (Å²) in [7, 11) is 0. The summed E-state index contributed by atoms with van der Waals surface area (Å²) in [6.45, 7) is 3.46. The van der Waals surface area contributed by atoms with E-state index in [1.165, 1.54) is 18.3 Å². The highest BCUT2D eigenvalue weighted by Gasteiger charge is 2.37. The van der Waals surface area contributed by atoms with Crippen molar-refractivity contribution in [2.24, 2.45) is 0 Å². The van der Waals surface area contributed by atoms with Crippen LogP contribution in [0.15, 0.2) is 48.9 Å². The lowest BCUT2D eigenvalue weighted by Crippen LogP contribution is -2.55. The van der Waals surface area contributed by atoms with E-state index in [1.807, 2.05) is 19.2 Å². The van der Waals surface area contributed by atoms with Gasteiger partial charge in [0.25, 0.3) is 5.91 Å². The Hall–Kier alpha value is -3.93. The molecule has 0 radical (unpaired) electrons. The Labute approximate surface area is 185 Å². The molecule has 3 heterocycles. The highest BCUT2D eigenvalue weighted by atomic mass is 19.1. The number of rotatable bonds is 6. The van der Waals surface area contributed by atoms with Crippen LogP contribution in [0.5, 0.6) is 0 Å². The van der Waals surface area contributed by atoms with Gasteiger partial charge in [-0.05, 0) is 55.7 Å². The maximum absolute atomic E-state index is 13.2. The zero-order chi connectivity index (χ0) is 22.6. The number of aromatic nitrogens is 3. The first-order valence-corrected chi connectivity index (χ1v) is 10.4. The Balaban J connectivity index is 1.47. The highest BCUT2D eigenvalue weighted by Crippen LogP contribution is 2.31. The predicted molar refractivity (Wildman–Crippen MR) is 119 cm³/mol. The van der Waals surface area contributed by atoms with Gasteiger partial charge in [0.15, 0.2) is 0 Å². The van der Waals surface area contributed by atoms with E-state index < -0.39 is 5.54 Å². The SMILES string of the molecule is Cc1ccncc1N1CCC(CC#N)(NC(=O)c2cn[nH]c2Nc2ccc(F)cc2)CC1. The molecule has 1 aliphatic heterocycles. The third-order valence-corrected chi connectivity index (χ3v) is 5.87. The lowest BCUT2D eigenvalue weighted by molar-refractivity contribution is 0.0883. The van der Waals surface area contributed by atoms with Crippen molar-refractivity contribution in [2.75, 3.05) is 23.3 Å². The van der Waals surface area contributed by atoms with Crippen molar-refractivity contribution in [3.8, 4) is 6.07 Å². The first-order valence-electron chi connectivity index (χ1n) is 10.4. The quantitative estimate of drug-likeness (QED) is 0.547. The number of aryl methyl sites for hydroxylation is 1. The van der Waals surface area contributed by atoms with E-state index in [9.17, 15) is 14.4 Å². The standard InChI is InChI=1S/C23H24FN7O/c1-16-6-11-26-15-20(16)31-12-8-23(7-10-25,9-13-31)29-22(32)19-14-27-30-21(19)28-18-4-2-17(24)3-5-18/h2-6,11,14-15H,7-9,12-13H2,1H3,(H,29,32)(H2,27,28,30). The number of hydrogen-bond donors (Lipinski definition) is 3. The van der Waals surface area contributed by atoms with Crippen LogP contribution in [-0.4, -0.2) is 39.7 Å². The molecule has 3 aromatic rings. The molecule has 1 aromatic carbocycles. The van der Waals surface area contributed by atoms with Crippen LogP contribution in [0.25, 0.3) is 0 Å². The van der Waals surface area contributed by atoms with Gasteiger partial charge in [-0.2, -0.15) is 10.4 Å². The van der Waals surface area contributed by atoms with E-state index in [0.717, 1.165) is 11.3 Å². The zero-order valence-electron chi connectivity index (χ0n) is 17.7. The van der Waals surface area contributed by atoms with E-state index in [1.54, 1.807) is 18.3 Å². The summed E-state index contributed by atoms with van der Waals surface area (Å²) in [6, 6.07) is 10.0. The molecule has 1 saturated heterocycles. The lowest BCUT2D eigenvalue weighted by Gasteiger charge is -2.42. The van der Waals surface area contributed by atoms with Crippen LogP contribution in [-0.2, 0) is 0 Å². The van der Waals surface area contributed by atoms with Gasteiger partial charge in [0.2, 0.25) is 0 Å². The second-order valence-electron chi connectivity index (χ2n) is 8.01. The summed E-state index contributed by atoms with van der Waals surface area (Å²) in [5.74, 6) is -0.251. The molecule has 0 saturated carbocycles. The van der Waals surface area contributed by atoms with E-state index in [2.05, 4.69) is 36.8 Å². The van der Waals surface area contributed by atoms with Crippen LogP contribution < -0.4 is 15.5 Å². The minimum absolute atomic E-state index is 0.219. The topological polar surface area (TPSA) is 110 Å². The van der Waals surface area contributed by atoms with Crippen molar-refractivity contribution in [2.45, 2.75) is 31.7 Å². The fourth-order valence-electron chi connectivity index (χ4n) is 4.00. The number of piperidine rings is 1. The van der Waals surface area contributed by atoms with Crippen LogP contribution in [0.3, 0.4) is 0 Å². The normalized spacial score (nSPS) is 15.1. The number of H-pyrrole nitrogens is 1. The molecule has 32 heavy (non-hydrogen) atoms. The van der Waals surface area contributed by atoms with Crippen LogP contribution in [0.4, 0.5) is 21.6 Å². The van der Waals surface area contributed by atoms with Gasteiger partial charge in [0.05, 0.1) is 36.1 Å². The molecule has 4 rings (SSSR count). The minimum Gasteiger partial charge on any atom is -0.370 e. The molecule has 1 amide bonds. The lowest BCUT2D eigenvalue weighted by atomic mass is 9.84. The van der Waals surface area contributed by atoms with E-state index in [4.69, 9.17) is 0 Å². The number of nitrogens with one attached hydrogen (secondary N) is 3. The van der Waals surface area contributed by atoms with Gasteiger partial charge in [-0.3, -0.25) is 14.9 Å². The molecule has 2 aromatic heterocycles. The van der Waals surface area contributed by atoms with Gasteiger partial charge in [-0.25, -0.2) is 4.39 Å². The number of amides is 1. The van der Waals surface area contributed by atoms with Crippen LogP contribution in [0.2, 0.25) is 0 Å². The first kappa shape index (κ1) is 21.3. The number of nitrogens with zero attached hydrogens (tertiary/aromatic N) is 4. The Morgan fingerprint density at radius 1 is 1.25 bits per heavy atom. The molecule has 1 aliphatic rings. The van der Waals surface area contributed by atoms with Crippen molar-refractivity contribution in [3.63, 3.8) is 0 Å². The Kier molecular flexibility index (Phi) is 6.03. The third-order valence-electron chi connectivity index (χ3n) is 5.87. The maximum atomic E-state index is 13.2. The Bertz CT molecular complexity index is 1130. The van der Waals surface area contributed by atoms with Gasteiger partial charge in [-0.1, -0.05) is 0 Å². The van der Waals surface area contributed by atoms with Crippen molar-refractivity contribution in [1.29, 1.82) is 5.26 Å². The van der Waals surface area contributed by atoms with Gasteiger partial charge in [0, 0.05) is 25.0 Å². The number of carbonyl (C=O) groups is 1. The number of halogens is 1. The van der Waals surface area contributed by atoms with Gasteiger partial charge in [0.1, 0.15) is 17.2 Å². The van der Waals surface area contributed by atoms with Crippen molar-refractivity contribution < 1.29 is 9.18 Å². The van der Waals surface area contributed by atoms with E-state index in [0.29, 0.717) is 43.0 Å². The average Bonchev–Trinajstić information content (AvgIpc) is 3.25. The molecular weight excluding hydrogens is 409 g/mol. The molecule has 8 nitrogen and oxygen atoms in total. The molecule has 0 aliphatic carbocycles. The zero-order valence-corrected chi connectivity index (χ0v) is 17.7. The fraction of sp³-hybridized carbons (Fsp3) is 0.304. The minimum atomic E-state index is -0.622. The monoisotopic (exact) mass is 433 g/mol. The smallest absolute Gasteiger partial charge is 0.257 e. The fourth-order valence-corrected chi connectivity index (χ4v) is 4.00. The van der Waals surface area contributed by atoms with Gasteiger partial charge < -0.3 is 15.5 Å². The van der Waals surface area contributed by atoms with Crippen molar-refractivity contribution in [3.05, 3.63) is 65.9 Å². The molecule has 3 N–H and O–H groups in total. The molecule has 1 fully saturated rings.